The number of carboxylic acids is 1. The standard InChI is InChI=1S/C14H17N3O3/c1-9(6-7-12(18)19)8-15-14(20)13-10-4-2-3-5-11(10)16-17-13/h2-5,9H,6-8H2,1H3,(H,15,20)(H,16,17)(H,18,19). The average molecular weight is 275 g/mol. The van der Waals surface area contributed by atoms with Crippen molar-refractivity contribution in [3.05, 3.63) is 30.0 Å². The van der Waals surface area contributed by atoms with Crippen molar-refractivity contribution >= 4 is 22.8 Å². The van der Waals surface area contributed by atoms with Crippen LogP contribution in [0.4, 0.5) is 0 Å². The van der Waals surface area contributed by atoms with E-state index in [1.54, 1.807) is 0 Å². The summed E-state index contributed by atoms with van der Waals surface area (Å²) in [6.45, 7) is 2.35. The van der Waals surface area contributed by atoms with Gasteiger partial charge in [-0.05, 0) is 18.4 Å². The molecule has 0 aliphatic heterocycles. The number of carbonyl (C=O) groups is 2. The zero-order chi connectivity index (χ0) is 14.5. The molecule has 0 bridgehead atoms. The van der Waals surface area contributed by atoms with Gasteiger partial charge in [-0.25, -0.2) is 0 Å². The van der Waals surface area contributed by atoms with E-state index >= 15 is 0 Å². The number of nitrogens with one attached hydrogen (secondary N) is 2. The molecule has 0 radical (unpaired) electrons. The third kappa shape index (κ3) is 3.34. The summed E-state index contributed by atoms with van der Waals surface area (Å²) in [7, 11) is 0. The maximum Gasteiger partial charge on any atom is 0.303 e. The van der Waals surface area contributed by atoms with Crippen LogP contribution >= 0.6 is 0 Å². The molecule has 106 valence electrons. The number of carboxylic acid groups (broad SMARTS) is 1. The quantitative estimate of drug-likeness (QED) is 0.749. The molecule has 20 heavy (non-hydrogen) atoms. The Hall–Kier alpha value is -2.37. The highest BCUT2D eigenvalue weighted by Gasteiger charge is 2.14. The topological polar surface area (TPSA) is 95.1 Å². The highest BCUT2D eigenvalue weighted by atomic mass is 16.4. The van der Waals surface area contributed by atoms with Crippen LogP contribution in [0.15, 0.2) is 24.3 Å². The van der Waals surface area contributed by atoms with Crippen LogP contribution in [0.25, 0.3) is 10.9 Å². The van der Waals surface area contributed by atoms with E-state index in [0.29, 0.717) is 18.7 Å². The van der Waals surface area contributed by atoms with Crippen LogP contribution in [-0.2, 0) is 4.79 Å². The summed E-state index contributed by atoms with van der Waals surface area (Å²) in [5.41, 5.74) is 1.18. The summed E-state index contributed by atoms with van der Waals surface area (Å²) < 4.78 is 0. The second kappa shape index (κ2) is 6.18. The summed E-state index contributed by atoms with van der Waals surface area (Å²) in [5.74, 6) is -0.952. The number of aromatic nitrogens is 2. The van der Waals surface area contributed by atoms with Gasteiger partial charge in [-0.3, -0.25) is 14.7 Å². The molecule has 1 aromatic carbocycles. The van der Waals surface area contributed by atoms with Crippen molar-refractivity contribution in [2.75, 3.05) is 6.54 Å². The van der Waals surface area contributed by atoms with Gasteiger partial charge in [-0.1, -0.05) is 25.1 Å². The van der Waals surface area contributed by atoms with Crippen LogP contribution in [0.3, 0.4) is 0 Å². The number of aliphatic carboxylic acids is 1. The van der Waals surface area contributed by atoms with Crippen molar-refractivity contribution in [3.63, 3.8) is 0 Å². The van der Waals surface area contributed by atoms with Gasteiger partial charge in [0.2, 0.25) is 0 Å². The minimum Gasteiger partial charge on any atom is -0.481 e. The molecule has 2 rings (SSSR count). The predicted octanol–water partition coefficient (Wildman–Crippen LogP) is 1.79. The lowest BCUT2D eigenvalue weighted by atomic mass is 10.1. The molecule has 0 saturated carbocycles. The number of hydrogen-bond donors (Lipinski definition) is 3. The Bertz CT molecular complexity index is 621. The van der Waals surface area contributed by atoms with Gasteiger partial charge in [0.1, 0.15) is 0 Å². The van der Waals surface area contributed by atoms with E-state index < -0.39 is 5.97 Å². The van der Waals surface area contributed by atoms with Crippen molar-refractivity contribution < 1.29 is 14.7 Å². The largest absolute Gasteiger partial charge is 0.481 e. The minimum absolute atomic E-state index is 0.111. The molecular formula is C14H17N3O3. The maximum absolute atomic E-state index is 12.1. The van der Waals surface area contributed by atoms with E-state index in [4.69, 9.17) is 5.11 Å². The highest BCUT2D eigenvalue weighted by molar-refractivity contribution is 6.04. The summed E-state index contributed by atoms with van der Waals surface area (Å²) in [4.78, 5) is 22.5. The van der Waals surface area contributed by atoms with Crippen molar-refractivity contribution in [3.8, 4) is 0 Å². The molecule has 0 aliphatic carbocycles. The number of fused-ring (bicyclic) bond motifs is 1. The predicted molar refractivity (Wildman–Crippen MR) is 74.5 cm³/mol. The van der Waals surface area contributed by atoms with Gasteiger partial charge < -0.3 is 10.4 Å². The lowest BCUT2D eigenvalue weighted by molar-refractivity contribution is -0.137. The van der Waals surface area contributed by atoms with E-state index in [-0.39, 0.29) is 18.2 Å². The van der Waals surface area contributed by atoms with E-state index in [1.807, 2.05) is 31.2 Å². The first-order valence-electron chi connectivity index (χ1n) is 6.51. The summed E-state index contributed by atoms with van der Waals surface area (Å²) in [5, 5.41) is 19.0. The molecule has 0 spiro atoms. The Morgan fingerprint density at radius 2 is 2.15 bits per heavy atom. The monoisotopic (exact) mass is 275 g/mol. The molecule has 0 aliphatic rings. The number of benzene rings is 1. The van der Waals surface area contributed by atoms with Crippen molar-refractivity contribution in [2.24, 2.45) is 5.92 Å². The molecule has 3 N–H and O–H groups in total. The fourth-order valence-corrected chi connectivity index (χ4v) is 1.96. The molecule has 6 nitrogen and oxygen atoms in total. The molecular weight excluding hydrogens is 258 g/mol. The van der Waals surface area contributed by atoms with Crippen LogP contribution in [0.1, 0.15) is 30.3 Å². The second-order valence-electron chi connectivity index (χ2n) is 4.87. The van der Waals surface area contributed by atoms with Gasteiger partial charge in [-0.15, -0.1) is 0 Å². The molecule has 1 heterocycles. The molecule has 6 heteroatoms. The molecule has 2 aromatic rings. The van der Waals surface area contributed by atoms with E-state index in [9.17, 15) is 9.59 Å². The number of amides is 1. The third-order valence-electron chi connectivity index (χ3n) is 3.15. The lowest BCUT2D eigenvalue weighted by Crippen LogP contribution is -2.29. The van der Waals surface area contributed by atoms with Crippen LogP contribution in [0, 0.1) is 5.92 Å². The van der Waals surface area contributed by atoms with E-state index in [2.05, 4.69) is 15.5 Å². The van der Waals surface area contributed by atoms with Gasteiger partial charge in [0, 0.05) is 18.4 Å². The van der Waals surface area contributed by atoms with Crippen LogP contribution in [-0.4, -0.2) is 33.7 Å². The normalized spacial score (nSPS) is 12.2. The summed E-state index contributed by atoms with van der Waals surface area (Å²) in [6.07, 6.45) is 0.652. The van der Waals surface area contributed by atoms with Gasteiger partial charge in [0.15, 0.2) is 5.69 Å². The molecule has 0 saturated heterocycles. The number of rotatable bonds is 6. The Labute approximate surface area is 116 Å². The molecule has 0 fully saturated rings. The fourth-order valence-electron chi connectivity index (χ4n) is 1.96. The SMILES string of the molecule is CC(CCC(=O)O)CNC(=O)c1n[nH]c2ccccc12. The van der Waals surface area contributed by atoms with Crippen LogP contribution in [0.5, 0.6) is 0 Å². The Morgan fingerprint density at radius 1 is 1.40 bits per heavy atom. The van der Waals surface area contributed by atoms with Gasteiger partial charge in [-0.2, -0.15) is 5.10 Å². The fraction of sp³-hybridized carbons (Fsp3) is 0.357. The van der Waals surface area contributed by atoms with Crippen LogP contribution < -0.4 is 5.32 Å². The van der Waals surface area contributed by atoms with Crippen LogP contribution in [0.2, 0.25) is 0 Å². The number of aromatic amines is 1. The van der Waals surface area contributed by atoms with Crippen molar-refractivity contribution in [1.82, 2.24) is 15.5 Å². The summed E-state index contributed by atoms with van der Waals surface area (Å²) >= 11 is 0. The molecule has 1 atom stereocenters. The average Bonchev–Trinajstić information content (AvgIpc) is 2.86. The zero-order valence-electron chi connectivity index (χ0n) is 11.2. The number of carbonyl (C=O) groups excluding carboxylic acids is 1. The molecule has 1 unspecified atom stereocenters. The Kier molecular flexibility index (Phi) is 4.34. The summed E-state index contributed by atoms with van der Waals surface area (Å²) in [6, 6.07) is 7.41. The maximum atomic E-state index is 12.1. The van der Waals surface area contributed by atoms with Gasteiger partial charge >= 0.3 is 5.97 Å². The smallest absolute Gasteiger partial charge is 0.303 e. The first-order valence-corrected chi connectivity index (χ1v) is 6.51. The number of nitrogens with zero attached hydrogens (tertiary/aromatic N) is 1. The van der Waals surface area contributed by atoms with Crippen molar-refractivity contribution in [1.29, 1.82) is 0 Å². The number of para-hydroxylation sites is 1. The Balaban J connectivity index is 1.93. The van der Waals surface area contributed by atoms with Gasteiger partial charge in [0.05, 0.1) is 5.52 Å². The second-order valence-corrected chi connectivity index (χ2v) is 4.87. The first kappa shape index (κ1) is 14.0. The minimum atomic E-state index is -0.818. The molecule has 1 aromatic heterocycles. The Morgan fingerprint density at radius 3 is 2.90 bits per heavy atom. The first-order chi connectivity index (χ1) is 9.58. The van der Waals surface area contributed by atoms with E-state index in [1.165, 1.54) is 0 Å². The lowest BCUT2D eigenvalue weighted by Gasteiger charge is -2.10. The number of H-pyrrole nitrogens is 1. The highest BCUT2D eigenvalue weighted by Crippen LogP contribution is 2.15. The zero-order valence-corrected chi connectivity index (χ0v) is 11.2. The molecule has 1 amide bonds. The van der Waals surface area contributed by atoms with Crippen molar-refractivity contribution in [2.45, 2.75) is 19.8 Å². The number of hydrogen-bond acceptors (Lipinski definition) is 3. The van der Waals surface area contributed by atoms with E-state index in [0.717, 1.165) is 10.9 Å². The third-order valence-corrected chi connectivity index (χ3v) is 3.15. The van der Waals surface area contributed by atoms with Gasteiger partial charge in [0.25, 0.3) is 5.91 Å².